The third kappa shape index (κ3) is 3.60. The Hall–Kier alpha value is -1.35. The lowest BCUT2D eigenvalue weighted by molar-refractivity contribution is -0.119. The SMILES string of the molecule is CCCNC(CCC)CN1C(=O)CCc2ccccc21. The smallest absolute Gasteiger partial charge is 0.227 e. The highest BCUT2D eigenvalue weighted by Crippen LogP contribution is 2.27. The molecule has 1 aromatic carbocycles. The molecule has 2 rings (SSSR count). The molecule has 110 valence electrons. The number of amides is 1. The fourth-order valence-corrected chi connectivity index (χ4v) is 2.87. The van der Waals surface area contributed by atoms with E-state index in [-0.39, 0.29) is 5.91 Å². The second kappa shape index (κ2) is 7.44. The van der Waals surface area contributed by atoms with E-state index in [2.05, 4.69) is 37.4 Å². The van der Waals surface area contributed by atoms with Crippen LogP contribution in [-0.4, -0.2) is 25.0 Å². The highest BCUT2D eigenvalue weighted by Gasteiger charge is 2.25. The van der Waals surface area contributed by atoms with Gasteiger partial charge in [-0.3, -0.25) is 4.79 Å². The second-order valence-corrected chi connectivity index (χ2v) is 5.57. The molecule has 1 aromatic rings. The zero-order chi connectivity index (χ0) is 14.4. The minimum absolute atomic E-state index is 0.267. The summed E-state index contributed by atoms with van der Waals surface area (Å²) in [7, 11) is 0. The molecule has 0 aliphatic carbocycles. The van der Waals surface area contributed by atoms with Gasteiger partial charge in [0.25, 0.3) is 0 Å². The first-order chi connectivity index (χ1) is 9.76. The Bertz CT molecular complexity index is 444. The Morgan fingerprint density at radius 1 is 1.20 bits per heavy atom. The molecule has 1 N–H and O–H groups in total. The molecule has 1 aliphatic heterocycles. The number of carbonyl (C=O) groups excluding carboxylic acids is 1. The summed E-state index contributed by atoms with van der Waals surface area (Å²) in [6.45, 7) is 6.20. The molecule has 1 aliphatic rings. The van der Waals surface area contributed by atoms with Gasteiger partial charge in [-0.25, -0.2) is 0 Å². The van der Waals surface area contributed by atoms with E-state index in [9.17, 15) is 4.79 Å². The van der Waals surface area contributed by atoms with Gasteiger partial charge in [-0.15, -0.1) is 0 Å². The monoisotopic (exact) mass is 274 g/mol. The van der Waals surface area contributed by atoms with Gasteiger partial charge < -0.3 is 10.2 Å². The van der Waals surface area contributed by atoms with Crippen LogP contribution in [0.3, 0.4) is 0 Å². The molecule has 3 nitrogen and oxygen atoms in total. The minimum Gasteiger partial charge on any atom is -0.312 e. The molecular weight excluding hydrogens is 248 g/mol. The summed E-state index contributed by atoms with van der Waals surface area (Å²) in [5.74, 6) is 0.267. The van der Waals surface area contributed by atoms with E-state index in [0.717, 1.165) is 44.5 Å². The van der Waals surface area contributed by atoms with E-state index in [1.165, 1.54) is 5.56 Å². The van der Waals surface area contributed by atoms with E-state index < -0.39 is 0 Å². The number of nitrogens with zero attached hydrogens (tertiary/aromatic N) is 1. The Morgan fingerprint density at radius 2 is 2.00 bits per heavy atom. The largest absolute Gasteiger partial charge is 0.312 e. The summed E-state index contributed by atoms with van der Waals surface area (Å²) < 4.78 is 0. The van der Waals surface area contributed by atoms with Gasteiger partial charge in [-0.1, -0.05) is 38.5 Å². The van der Waals surface area contributed by atoms with Crippen molar-refractivity contribution in [2.45, 2.75) is 52.0 Å². The lowest BCUT2D eigenvalue weighted by Crippen LogP contribution is -2.45. The van der Waals surface area contributed by atoms with Crippen molar-refractivity contribution in [1.29, 1.82) is 0 Å². The molecule has 0 aromatic heterocycles. The molecular formula is C17H26N2O. The number of aryl methyl sites for hydroxylation is 1. The van der Waals surface area contributed by atoms with Crippen molar-refractivity contribution in [2.24, 2.45) is 0 Å². The highest BCUT2D eigenvalue weighted by molar-refractivity contribution is 5.96. The Kier molecular flexibility index (Phi) is 5.60. The first-order valence-corrected chi connectivity index (χ1v) is 7.87. The van der Waals surface area contributed by atoms with Gasteiger partial charge >= 0.3 is 0 Å². The second-order valence-electron chi connectivity index (χ2n) is 5.57. The molecule has 1 unspecified atom stereocenters. The summed E-state index contributed by atoms with van der Waals surface area (Å²) in [5, 5.41) is 3.58. The van der Waals surface area contributed by atoms with E-state index in [0.29, 0.717) is 12.5 Å². The molecule has 1 atom stereocenters. The number of nitrogens with one attached hydrogen (secondary N) is 1. The number of benzene rings is 1. The van der Waals surface area contributed by atoms with E-state index >= 15 is 0 Å². The average Bonchev–Trinajstić information content (AvgIpc) is 2.47. The number of anilines is 1. The Morgan fingerprint density at radius 3 is 2.75 bits per heavy atom. The lowest BCUT2D eigenvalue weighted by Gasteiger charge is -2.33. The highest BCUT2D eigenvalue weighted by atomic mass is 16.2. The van der Waals surface area contributed by atoms with Crippen molar-refractivity contribution < 1.29 is 4.79 Å². The number of carbonyl (C=O) groups is 1. The summed E-state index contributed by atoms with van der Waals surface area (Å²) in [6.07, 6.45) is 4.91. The number of fused-ring (bicyclic) bond motifs is 1. The number of rotatable bonds is 7. The van der Waals surface area contributed by atoms with Gasteiger partial charge in [-0.05, 0) is 37.4 Å². The lowest BCUT2D eigenvalue weighted by atomic mass is 10.00. The third-order valence-corrected chi connectivity index (χ3v) is 3.91. The molecule has 0 radical (unpaired) electrons. The van der Waals surface area contributed by atoms with Crippen LogP contribution in [0.1, 0.15) is 45.1 Å². The predicted octanol–water partition coefficient (Wildman–Crippen LogP) is 3.13. The van der Waals surface area contributed by atoms with Crippen LogP contribution in [0.15, 0.2) is 24.3 Å². The van der Waals surface area contributed by atoms with Crippen LogP contribution < -0.4 is 10.2 Å². The molecule has 20 heavy (non-hydrogen) atoms. The van der Waals surface area contributed by atoms with Crippen LogP contribution in [-0.2, 0) is 11.2 Å². The van der Waals surface area contributed by atoms with Crippen LogP contribution in [0.25, 0.3) is 0 Å². The molecule has 1 amide bonds. The fraction of sp³-hybridized carbons (Fsp3) is 0.588. The van der Waals surface area contributed by atoms with Crippen LogP contribution in [0.2, 0.25) is 0 Å². The minimum atomic E-state index is 0.267. The van der Waals surface area contributed by atoms with Gasteiger partial charge in [0, 0.05) is 24.7 Å². The normalized spacial score (nSPS) is 16.1. The van der Waals surface area contributed by atoms with Crippen LogP contribution in [0.4, 0.5) is 5.69 Å². The summed E-state index contributed by atoms with van der Waals surface area (Å²) >= 11 is 0. The fourth-order valence-electron chi connectivity index (χ4n) is 2.87. The number of hydrogen-bond acceptors (Lipinski definition) is 2. The third-order valence-electron chi connectivity index (χ3n) is 3.91. The van der Waals surface area contributed by atoms with Gasteiger partial charge in [0.2, 0.25) is 5.91 Å². The van der Waals surface area contributed by atoms with E-state index in [4.69, 9.17) is 0 Å². The summed E-state index contributed by atoms with van der Waals surface area (Å²) in [5.41, 5.74) is 2.42. The number of hydrogen-bond donors (Lipinski definition) is 1. The van der Waals surface area contributed by atoms with Crippen LogP contribution in [0.5, 0.6) is 0 Å². The molecule has 1 heterocycles. The van der Waals surface area contributed by atoms with Crippen LogP contribution in [0, 0.1) is 0 Å². The van der Waals surface area contributed by atoms with E-state index in [1.54, 1.807) is 0 Å². The Balaban J connectivity index is 2.11. The van der Waals surface area contributed by atoms with Crippen molar-refractivity contribution in [1.82, 2.24) is 5.32 Å². The number of para-hydroxylation sites is 1. The Labute approximate surface area is 122 Å². The quantitative estimate of drug-likeness (QED) is 0.828. The van der Waals surface area contributed by atoms with Crippen LogP contribution >= 0.6 is 0 Å². The molecule has 0 spiro atoms. The van der Waals surface area contributed by atoms with Crippen molar-refractivity contribution in [2.75, 3.05) is 18.0 Å². The molecule has 0 bridgehead atoms. The maximum atomic E-state index is 12.3. The van der Waals surface area contributed by atoms with Crippen molar-refractivity contribution >= 4 is 11.6 Å². The van der Waals surface area contributed by atoms with Gasteiger partial charge in [-0.2, -0.15) is 0 Å². The molecule has 0 fully saturated rings. The van der Waals surface area contributed by atoms with E-state index in [1.807, 2.05) is 11.0 Å². The standard InChI is InChI=1S/C17H26N2O/c1-3-7-15(18-12-4-2)13-19-16-9-6-5-8-14(16)10-11-17(19)20/h5-6,8-9,15,18H,3-4,7,10-13H2,1-2H3. The van der Waals surface area contributed by atoms with Gasteiger partial charge in [0.1, 0.15) is 0 Å². The van der Waals surface area contributed by atoms with Crippen molar-refractivity contribution in [3.63, 3.8) is 0 Å². The average molecular weight is 274 g/mol. The zero-order valence-electron chi connectivity index (χ0n) is 12.7. The molecule has 3 heteroatoms. The van der Waals surface area contributed by atoms with Crippen molar-refractivity contribution in [3.05, 3.63) is 29.8 Å². The maximum Gasteiger partial charge on any atom is 0.227 e. The topological polar surface area (TPSA) is 32.3 Å². The first-order valence-electron chi connectivity index (χ1n) is 7.87. The zero-order valence-corrected chi connectivity index (χ0v) is 12.7. The molecule has 0 saturated carbocycles. The first kappa shape index (κ1) is 15.0. The molecule has 0 saturated heterocycles. The summed E-state index contributed by atoms with van der Waals surface area (Å²) in [6, 6.07) is 8.71. The predicted molar refractivity (Wildman–Crippen MR) is 84.1 cm³/mol. The summed E-state index contributed by atoms with van der Waals surface area (Å²) in [4.78, 5) is 14.3. The van der Waals surface area contributed by atoms with Gasteiger partial charge in [0.15, 0.2) is 0 Å². The maximum absolute atomic E-state index is 12.3. The van der Waals surface area contributed by atoms with Crippen molar-refractivity contribution in [3.8, 4) is 0 Å². The van der Waals surface area contributed by atoms with Gasteiger partial charge in [0.05, 0.1) is 0 Å².